The normalized spacial score (nSPS) is 17.0. The van der Waals surface area contributed by atoms with Gasteiger partial charge in [-0.15, -0.1) is 0 Å². The number of amides is 1. The Labute approximate surface area is 159 Å². The summed E-state index contributed by atoms with van der Waals surface area (Å²) < 4.78 is 5.15. The average molecular weight is 361 g/mol. The van der Waals surface area contributed by atoms with E-state index < -0.39 is 0 Å². The summed E-state index contributed by atoms with van der Waals surface area (Å²) in [5.41, 5.74) is 3.32. The summed E-state index contributed by atoms with van der Waals surface area (Å²) in [6, 6.07) is 17.6. The number of nitrogens with zero attached hydrogens (tertiary/aromatic N) is 2. The highest BCUT2D eigenvalue weighted by Crippen LogP contribution is 2.32. The first kappa shape index (κ1) is 18.5. The minimum absolute atomic E-state index is 0.0962. The molecule has 0 aromatic heterocycles. The van der Waals surface area contributed by atoms with Crippen molar-refractivity contribution in [2.75, 3.05) is 12.0 Å². The SMILES string of the molecule is COc1ccc(C(C)NC(=O)/C(C#N)=C\N2c3ccccc3CC2C)cc1. The molecule has 2 unspecified atom stereocenters. The minimum Gasteiger partial charge on any atom is -0.497 e. The number of anilines is 1. The number of hydrogen-bond donors (Lipinski definition) is 1. The van der Waals surface area contributed by atoms with Crippen LogP contribution in [0.5, 0.6) is 5.75 Å². The molecule has 0 spiro atoms. The third kappa shape index (κ3) is 3.95. The first-order valence-electron chi connectivity index (χ1n) is 8.96. The second kappa shape index (κ2) is 7.96. The molecule has 27 heavy (non-hydrogen) atoms. The van der Waals surface area contributed by atoms with Crippen molar-refractivity contribution in [3.8, 4) is 11.8 Å². The van der Waals surface area contributed by atoms with Crippen LogP contribution < -0.4 is 15.0 Å². The van der Waals surface area contributed by atoms with E-state index in [1.54, 1.807) is 13.3 Å². The van der Waals surface area contributed by atoms with Crippen molar-refractivity contribution in [1.82, 2.24) is 5.32 Å². The number of hydrogen-bond acceptors (Lipinski definition) is 4. The summed E-state index contributed by atoms with van der Waals surface area (Å²) in [4.78, 5) is 14.6. The number of methoxy groups -OCH3 is 1. The predicted octanol–water partition coefficient (Wildman–Crippen LogP) is 3.73. The van der Waals surface area contributed by atoms with Gasteiger partial charge in [0.25, 0.3) is 5.91 Å². The molecule has 0 radical (unpaired) electrons. The van der Waals surface area contributed by atoms with Gasteiger partial charge in [-0.25, -0.2) is 0 Å². The summed E-state index contributed by atoms with van der Waals surface area (Å²) in [6.45, 7) is 3.98. The van der Waals surface area contributed by atoms with Crippen molar-refractivity contribution >= 4 is 11.6 Å². The predicted molar refractivity (Wildman–Crippen MR) is 105 cm³/mol. The number of benzene rings is 2. The van der Waals surface area contributed by atoms with Crippen molar-refractivity contribution in [2.24, 2.45) is 0 Å². The summed E-state index contributed by atoms with van der Waals surface area (Å²) in [5.74, 6) is 0.383. The van der Waals surface area contributed by atoms with E-state index in [-0.39, 0.29) is 23.6 Å². The lowest BCUT2D eigenvalue weighted by atomic mass is 10.1. The number of carbonyl (C=O) groups excluding carboxylic acids is 1. The zero-order valence-electron chi connectivity index (χ0n) is 15.8. The van der Waals surface area contributed by atoms with Crippen LogP contribution in [0.25, 0.3) is 0 Å². The number of para-hydroxylation sites is 1. The fourth-order valence-corrected chi connectivity index (χ4v) is 3.31. The van der Waals surface area contributed by atoms with Crippen LogP contribution in [0.3, 0.4) is 0 Å². The van der Waals surface area contributed by atoms with Gasteiger partial charge in [0.05, 0.1) is 13.2 Å². The van der Waals surface area contributed by atoms with E-state index in [1.807, 2.05) is 60.4 Å². The van der Waals surface area contributed by atoms with E-state index in [9.17, 15) is 10.1 Å². The summed E-state index contributed by atoms with van der Waals surface area (Å²) >= 11 is 0. The second-order valence-corrected chi connectivity index (χ2v) is 6.71. The van der Waals surface area contributed by atoms with Gasteiger partial charge in [0.1, 0.15) is 17.4 Å². The molecular weight excluding hydrogens is 338 g/mol. The van der Waals surface area contributed by atoms with Crippen LogP contribution >= 0.6 is 0 Å². The van der Waals surface area contributed by atoms with Gasteiger partial charge >= 0.3 is 0 Å². The molecule has 1 heterocycles. The Hall–Kier alpha value is -3.26. The topological polar surface area (TPSA) is 65.4 Å². The van der Waals surface area contributed by atoms with Crippen molar-refractivity contribution in [2.45, 2.75) is 32.4 Å². The monoisotopic (exact) mass is 361 g/mol. The molecule has 5 heteroatoms. The number of nitrogens with one attached hydrogen (secondary N) is 1. The van der Waals surface area contributed by atoms with Crippen LogP contribution in [0, 0.1) is 11.3 Å². The van der Waals surface area contributed by atoms with Gasteiger partial charge in [0.15, 0.2) is 0 Å². The Morgan fingerprint density at radius 2 is 2.00 bits per heavy atom. The van der Waals surface area contributed by atoms with E-state index >= 15 is 0 Å². The van der Waals surface area contributed by atoms with Gasteiger partial charge in [-0.1, -0.05) is 30.3 Å². The molecular formula is C22H23N3O2. The maximum absolute atomic E-state index is 12.6. The lowest BCUT2D eigenvalue weighted by Crippen LogP contribution is -2.30. The fourth-order valence-electron chi connectivity index (χ4n) is 3.31. The zero-order valence-corrected chi connectivity index (χ0v) is 15.8. The number of nitriles is 1. The highest BCUT2D eigenvalue weighted by atomic mass is 16.5. The third-order valence-corrected chi connectivity index (χ3v) is 4.86. The quantitative estimate of drug-likeness (QED) is 0.651. The van der Waals surface area contributed by atoms with Crippen molar-refractivity contribution in [3.63, 3.8) is 0 Å². The van der Waals surface area contributed by atoms with Gasteiger partial charge in [-0.3, -0.25) is 4.79 Å². The molecule has 5 nitrogen and oxygen atoms in total. The van der Waals surface area contributed by atoms with Crippen LogP contribution in [0.15, 0.2) is 60.3 Å². The summed E-state index contributed by atoms with van der Waals surface area (Å²) in [6.07, 6.45) is 2.56. The maximum atomic E-state index is 12.6. The zero-order chi connectivity index (χ0) is 19.4. The Bertz CT molecular complexity index is 897. The van der Waals surface area contributed by atoms with Crippen molar-refractivity contribution in [3.05, 3.63) is 71.4 Å². The molecule has 0 saturated heterocycles. The molecule has 138 valence electrons. The molecule has 0 aliphatic carbocycles. The molecule has 1 aliphatic heterocycles. The largest absolute Gasteiger partial charge is 0.497 e. The Kier molecular flexibility index (Phi) is 5.46. The highest BCUT2D eigenvalue weighted by Gasteiger charge is 2.25. The number of rotatable bonds is 5. The maximum Gasteiger partial charge on any atom is 0.263 e. The second-order valence-electron chi connectivity index (χ2n) is 6.71. The third-order valence-electron chi connectivity index (χ3n) is 4.86. The van der Waals surface area contributed by atoms with Gasteiger partial charge in [-0.2, -0.15) is 5.26 Å². The van der Waals surface area contributed by atoms with Gasteiger partial charge in [0, 0.05) is 17.9 Å². The van der Waals surface area contributed by atoms with Crippen LogP contribution in [0.2, 0.25) is 0 Å². The van der Waals surface area contributed by atoms with Crippen molar-refractivity contribution < 1.29 is 9.53 Å². The molecule has 2 aromatic rings. The van der Waals surface area contributed by atoms with E-state index in [4.69, 9.17) is 4.74 Å². The standard InChI is InChI=1S/C22H23N3O2/c1-15-12-18-6-4-5-7-21(18)25(15)14-19(13-23)22(26)24-16(2)17-8-10-20(27-3)11-9-17/h4-11,14-16H,12H2,1-3H3,(H,24,26)/b19-14-. The lowest BCUT2D eigenvalue weighted by Gasteiger charge is -2.21. The molecule has 1 aliphatic rings. The van der Waals surface area contributed by atoms with Crippen LogP contribution in [-0.4, -0.2) is 19.1 Å². The van der Waals surface area contributed by atoms with E-state index in [1.165, 1.54) is 5.56 Å². The number of carbonyl (C=O) groups is 1. The van der Waals surface area contributed by atoms with Crippen LogP contribution in [0.1, 0.15) is 31.0 Å². The average Bonchev–Trinajstić information content (AvgIpc) is 3.00. The molecule has 0 bridgehead atoms. The first-order valence-corrected chi connectivity index (χ1v) is 8.96. The molecule has 0 saturated carbocycles. The van der Waals surface area contributed by atoms with E-state index in [0.717, 1.165) is 23.4 Å². The van der Waals surface area contributed by atoms with Gasteiger partial charge < -0.3 is 15.0 Å². The molecule has 2 aromatic carbocycles. The molecule has 1 N–H and O–H groups in total. The molecule has 1 amide bonds. The molecule has 3 rings (SSSR count). The van der Waals surface area contributed by atoms with Crippen molar-refractivity contribution in [1.29, 1.82) is 5.26 Å². The Morgan fingerprint density at radius 1 is 1.30 bits per heavy atom. The number of fused-ring (bicyclic) bond motifs is 1. The fraction of sp³-hybridized carbons (Fsp3) is 0.273. The number of ether oxygens (including phenoxy) is 1. The Morgan fingerprint density at radius 3 is 2.67 bits per heavy atom. The van der Waals surface area contributed by atoms with E-state index in [2.05, 4.69) is 18.3 Å². The van der Waals surface area contributed by atoms with Crippen LogP contribution in [-0.2, 0) is 11.2 Å². The lowest BCUT2D eigenvalue weighted by molar-refractivity contribution is -0.117. The smallest absolute Gasteiger partial charge is 0.263 e. The minimum atomic E-state index is -0.377. The van der Waals surface area contributed by atoms with Crippen LogP contribution in [0.4, 0.5) is 5.69 Å². The summed E-state index contributed by atoms with van der Waals surface area (Å²) in [5, 5.41) is 12.4. The highest BCUT2D eigenvalue weighted by molar-refractivity contribution is 5.98. The van der Waals surface area contributed by atoms with Gasteiger partial charge in [-0.05, 0) is 49.6 Å². The Balaban J connectivity index is 1.76. The molecule has 2 atom stereocenters. The first-order chi connectivity index (χ1) is 13.0. The van der Waals surface area contributed by atoms with Gasteiger partial charge in [0.2, 0.25) is 0 Å². The van der Waals surface area contributed by atoms with E-state index in [0.29, 0.717) is 0 Å². The summed E-state index contributed by atoms with van der Waals surface area (Å²) in [7, 11) is 1.61. The molecule has 0 fully saturated rings.